The normalized spacial score (nSPS) is 11.8. The number of nitrogens with one attached hydrogen (secondary N) is 1. The topological polar surface area (TPSA) is 98.8 Å². The van der Waals surface area contributed by atoms with Crippen LogP contribution < -0.4 is 5.32 Å². The molecule has 0 spiro atoms. The van der Waals surface area contributed by atoms with E-state index in [1.54, 1.807) is 74.5 Å². The molecule has 0 bridgehead atoms. The molecule has 0 radical (unpaired) electrons. The van der Waals surface area contributed by atoms with Gasteiger partial charge in [0.25, 0.3) is 0 Å². The predicted molar refractivity (Wildman–Crippen MR) is 114 cm³/mol. The van der Waals surface area contributed by atoms with Crippen LogP contribution >= 0.6 is 0 Å². The fourth-order valence-corrected chi connectivity index (χ4v) is 3.46. The first kappa shape index (κ1) is 23.8. The molecule has 0 unspecified atom stereocenters. The van der Waals surface area contributed by atoms with Crippen molar-refractivity contribution >= 4 is 23.6 Å². The Bertz CT molecular complexity index is 892. The molecule has 7 nitrogen and oxygen atoms in total. The molecule has 0 saturated carbocycles. The molecule has 0 aliphatic carbocycles. The Morgan fingerprint density at radius 2 is 1.32 bits per heavy atom. The summed E-state index contributed by atoms with van der Waals surface area (Å²) in [6.45, 7) is 4.33. The molecule has 0 saturated heterocycles. The predicted octanol–water partition coefficient (Wildman–Crippen LogP) is 3.04. The average Bonchev–Trinajstić information content (AvgIpc) is 2.77. The van der Waals surface area contributed by atoms with E-state index in [-0.39, 0.29) is 25.4 Å². The summed E-state index contributed by atoms with van der Waals surface area (Å²) in [4.78, 5) is 51.7. The number of ketones is 1. The quantitative estimate of drug-likeness (QED) is 0.357. The lowest BCUT2D eigenvalue weighted by Crippen LogP contribution is -2.64. The minimum Gasteiger partial charge on any atom is -0.464 e. The van der Waals surface area contributed by atoms with E-state index >= 15 is 0 Å². The van der Waals surface area contributed by atoms with E-state index in [9.17, 15) is 19.2 Å². The second kappa shape index (κ2) is 11.1. The lowest BCUT2D eigenvalue weighted by molar-refractivity contribution is -0.169. The maximum Gasteiger partial charge on any atom is 0.344 e. The third kappa shape index (κ3) is 5.57. The van der Waals surface area contributed by atoms with Crippen molar-refractivity contribution in [1.82, 2.24) is 5.32 Å². The van der Waals surface area contributed by atoms with Crippen molar-refractivity contribution in [3.63, 3.8) is 0 Å². The van der Waals surface area contributed by atoms with Gasteiger partial charge < -0.3 is 14.8 Å². The molecule has 164 valence electrons. The number of carbonyl (C=O) groups excluding carboxylic acids is 4. The second-order valence-corrected chi connectivity index (χ2v) is 6.89. The fraction of sp³-hybridized carbons (Fsp3) is 0.333. The zero-order valence-corrected chi connectivity index (χ0v) is 17.9. The molecule has 0 aliphatic rings. The van der Waals surface area contributed by atoms with Crippen LogP contribution in [0.3, 0.4) is 0 Å². The summed E-state index contributed by atoms with van der Waals surface area (Å²) in [5, 5.41) is 2.48. The van der Waals surface area contributed by atoms with Crippen LogP contribution in [-0.2, 0) is 23.9 Å². The first-order valence-electron chi connectivity index (χ1n) is 10.1. The molecule has 1 N–H and O–H groups in total. The van der Waals surface area contributed by atoms with Gasteiger partial charge in [-0.3, -0.25) is 9.59 Å². The van der Waals surface area contributed by atoms with E-state index in [0.29, 0.717) is 11.1 Å². The standard InChI is InChI=1S/C24H27NO6/c1-4-30-22(28)24(25-17(3)26,23(29)31-5-2)20(18-12-8-6-9-13-18)16-21(27)19-14-10-7-11-15-19/h6-15,20H,4-5,16H2,1-3H3,(H,25,26)/t20-/m1/s1. The third-order valence-electron chi connectivity index (χ3n) is 4.78. The van der Waals surface area contributed by atoms with Gasteiger partial charge in [0.05, 0.1) is 13.2 Å². The third-order valence-corrected chi connectivity index (χ3v) is 4.78. The molecule has 0 heterocycles. The molecule has 0 fully saturated rings. The van der Waals surface area contributed by atoms with Gasteiger partial charge in [-0.05, 0) is 19.4 Å². The maximum atomic E-state index is 13.2. The molecule has 0 aromatic heterocycles. The van der Waals surface area contributed by atoms with Crippen LogP contribution in [0.2, 0.25) is 0 Å². The first-order chi connectivity index (χ1) is 14.9. The summed E-state index contributed by atoms with van der Waals surface area (Å²) in [5.74, 6) is -3.92. The van der Waals surface area contributed by atoms with E-state index in [1.807, 2.05) is 0 Å². The SMILES string of the molecule is CCOC(=O)C(NC(C)=O)(C(=O)OCC)[C@H](CC(=O)c1ccccc1)c1ccccc1. The lowest BCUT2D eigenvalue weighted by Gasteiger charge is -2.36. The molecule has 31 heavy (non-hydrogen) atoms. The van der Waals surface area contributed by atoms with Crippen LogP contribution in [0.25, 0.3) is 0 Å². The fourth-order valence-electron chi connectivity index (χ4n) is 3.46. The van der Waals surface area contributed by atoms with Gasteiger partial charge in [0, 0.05) is 24.8 Å². The van der Waals surface area contributed by atoms with Crippen molar-refractivity contribution in [1.29, 1.82) is 0 Å². The van der Waals surface area contributed by atoms with Gasteiger partial charge in [0.15, 0.2) is 5.78 Å². The minimum absolute atomic E-state index is 0.0201. The summed E-state index contributed by atoms with van der Waals surface area (Å²) in [6, 6.07) is 17.1. The van der Waals surface area contributed by atoms with Crippen molar-refractivity contribution < 1.29 is 28.7 Å². The number of esters is 2. The Balaban J connectivity index is 2.68. The number of hydrogen-bond donors (Lipinski definition) is 1. The van der Waals surface area contributed by atoms with Crippen LogP contribution in [0, 0.1) is 0 Å². The van der Waals surface area contributed by atoms with Crippen LogP contribution in [0.1, 0.15) is 49.0 Å². The lowest BCUT2D eigenvalue weighted by atomic mass is 9.75. The van der Waals surface area contributed by atoms with E-state index in [1.165, 1.54) is 6.92 Å². The van der Waals surface area contributed by atoms with Crippen molar-refractivity contribution in [3.8, 4) is 0 Å². The Labute approximate surface area is 181 Å². The first-order valence-corrected chi connectivity index (χ1v) is 10.1. The van der Waals surface area contributed by atoms with E-state index < -0.39 is 29.3 Å². The molecular formula is C24H27NO6. The van der Waals surface area contributed by atoms with Crippen molar-refractivity contribution in [2.45, 2.75) is 38.6 Å². The van der Waals surface area contributed by atoms with Gasteiger partial charge >= 0.3 is 11.9 Å². The van der Waals surface area contributed by atoms with Gasteiger partial charge in [0.2, 0.25) is 11.4 Å². The molecule has 0 aliphatic heterocycles. The maximum absolute atomic E-state index is 13.2. The molecule has 1 atom stereocenters. The summed E-state index contributed by atoms with van der Waals surface area (Å²) in [5.41, 5.74) is -1.28. The molecule has 1 amide bonds. The van der Waals surface area contributed by atoms with E-state index in [2.05, 4.69) is 5.32 Å². The number of benzene rings is 2. The second-order valence-electron chi connectivity index (χ2n) is 6.89. The van der Waals surface area contributed by atoms with Crippen molar-refractivity contribution in [3.05, 3.63) is 71.8 Å². The minimum atomic E-state index is -2.22. The average molecular weight is 425 g/mol. The molecule has 2 aromatic carbocycles. The van der Waals surface area contributed by atoms with E-state index in [0.717, 1.165) is 0 Å². The van der Waals surface area contributed by atoms with Gasteiger partial charge in [0.1, 0.15) is 0 Å². The molecule has 2 rings (SSSR count). The van der Waals surface area contributed by atoms with Crippen LogP contribution in [0.5, 0.6) is 0 Å². The number of carbonyl (C=O) groups is 4. The number of ether oxygens (including phenoxy) is 2. The zero-order chi connectivity index (χ0) is 22.9. The van der Waals surface area contributed by atoms with Crippen molar-refractivity contribution in [2.24, 2.45) is 0 Å². The van der Waals surface area contributed by atoms with Crippen LogP contribution in [0.15, 0.2) is 60.7 Å². The van der Waals surface area contributed by atoms with Gasteiger partial charge in [-0.2, -0.15) is 0 Å². The Hall–Kier alpha value is -3.48. The molecular weight excluding hydrogens is 398 g/mol. The van der Waals surface area contributed by atoms with Crippen molar-refractivity contribution in [2.75, 3.05) is 13.2 Å². The van der Waals surface area contributed by atoms with Crippen LogP contribution in [-0.4, -0.2) is 42.4 Å². The highest BCUT2D eigenvalue weighted by atomic mass is 16.6. The highest BCUT2D eigenvalue weighted by Crippen LogP contribution is 2.35. The summed E-state index contributed by atoms with van der Waals surface area (Å²) in [6.07, 6.45) is -0.230. The highest BCUT2D eigenvalue weighted by Gasteiger charge is 2.57. The number of amides is 1. The van der Waals surface area contributed by atoms with Gasteiger partial charge in [-0.1, -0.05) is 60.7 Å². The zero-order valence-electron chi connectivity index (χ0n) is 17.9. The highest BCUT2D eigenvalue weighted by molar-refractivity contribution is 6.10. The van der Waals surface area contributed by atoms with Gasteiger partial charge in [-0.25, -0.2) is 9.59 Å². The Kier molecular flexibility index (Phi) is 8.49. The Morgan fingerprint density at radius 1 is 0.839 bits per heavy atom. The smallest absolute Gasteiger partial charge is 0.344 e. The Morgan fingerprint density at radius 3 is 1.77 bits per heavy atom. The van der Waals surface area contributed by atoms with Crippen LogP contribution in [0.4, 0.5) is 0 Å². The summed E-state index contributed by atoms with van der Waals surface area (Å²) >= 11 is 0. The van der Waals surface area contributed by atoms with Gasteiger partial charge in [-0.15, -0.1) is 0 Å². The van der Waals surface area contributed by atoms with E-state index in [4.69, 9.17) is 9.47 Å². The largest absolute Gasteiger partial charge is 0.464 e. The monoisotopic (exact) mass is 425 g/mol. The molecule has 7 heteroatoms. The summed E-state index contributed by atoms with van der Waals surface area (Å²) in [7, 11) is 0. The number of hydrogen-bond acceptors (Lipinski definition) is 6. The number of Topliss-reactive ketones (excluding diaryl/α,β-unsaturated/α-hetero) is 1. The number of rotatable bonds is 10. The summed E-state index contributed by atoms with van der Waals surface area (Å²) < 4.78 is 10.4. The molecule has 2 aromatic rings.